The number of rotatable bonds is 12. The molecule has 0 heterocycles. The largest absolute Gasteiger partial charge is 0.497 e. The Balaban J connectivity index is 2.09. The van der Waals surface area contributed by atoms with E-state index in [9.17, 15) is 13.2 Å². The van der Waals surface area contributed by atoms with E-state index in [0.29, 0.717) is 41.7 Å². The van der Waals surface area contributed by atoms with Crippen LogP contribution in [0.3, 0.4) is 0 Å². The van der Waals surface area contributed by atoms with E-state index in [-0.39, 0.29) is 0 Å². The third kappa shape index (κ3) is 7.31. The number of ether oxygens (including phenoxy) is 3. The SMILES string of the molecule is C=CCOc1ccc(/C=N\NC(=O)CN(c2cccc(OC)c2)S(C)(=O)=O)cc1OCC. The molecule has 0 bridgehead atoms. The monoisotopic (exact) mass is 461 g/mol. The first-order valence-corrected chi connectivity index (χ1v) is 11.6. The van der Waals surface area contributed by atoms with Crippen LogP contribution in [0.5, 0.6) is 17.2 Å². The molecule has 2 aromatic carbocycles. The van der Waals surface area contributed by atoms with Gasteiger partial charge >= 0.3 is 0 Å². The molecule has 1 N–H and O–H groups in total. The summed E-state index contributed by atoms with van der Waals surface area (Å²) in [6.45, 7) is 5.82. The van der Waals surface area contributed by atoms with E-state index in [1.165, 1.54) is 19.4 Å². The van der Waals surface area contributed by atoms with Crippen LogP contribution in [0.1, 0.15) is 12.5 Å². The first-order chi connectivity index (χ1) is 15.3. The Hall–Kier alpha value is -3.53. The van der Waals surface area contributed by atoms with Gasteiger partial charge in [0.05, 0.1) is 31.9 Å². The third-order valence-electron chi connectivity index (χ3n) is 4.06. The Morgan fingerprint density at radius 3 is 2.62 bits per heavy atom. The molecule has 0 spiro atoms. The summed E-state index contributed by atoms with van der Waals surface area (Å²) in [4.78, 5) is 12.3. The molecule has 0 aliphatic rings. The van der Waals surface area contributed by atoms with Gasteiger partial charge < -0.3 is 14.2 Å². The minimum absolute atomic E-state index is 0.308. The summed E-state index contributed by atoms with van der Waals surface area (Å²) in [6, 6.07) is 11.6. The van der Waals surface area contributed by atoms with Crippen LogP contribution in [-0.2, 0) is 14.8 Å². The summed E-state index contributed by atoms with van der Waals surface area (Å²) in [5.74, 6) is 0.964. The molecule has 0 saturated heterocycles. The quantitative estimate of drug-likeness (QED) is 0.296. The number of hydrogen-bond donors (Lipinski definition) is 1. The van der Waals surface area contributed by atoms with Crippen molar-refractivity contribution >= 4 is 27.8 Å². The highest BCUT2D eigenvalue weighted by Gasteiger charge is 2.21. The van der Waals surface area contributed by atoms with Crippen LogP contribution < -0.4 is 23.9 Å². The molecule has 0 radical (unpaired) electrons. The molecule has 2 aromatic rings. The summed E-state index contributed by atoms with van der Waals surface area (Å²) in [5, 5.41) is 3.91. The minimum atomic E-state index is -3.71. The van der Waals surface area contributed by atoms with Gasteiger partial charge in [-0.2, -0.15) is 5.10 Å². The lowest BCUT2D eigenvalue weighted by atomic mass is 10.2. The molecule has 172 valence electrons. The van der Waals surface area contributed by atoms with Crippen molar-refractivity contribution in [3.8, 4) is 17.2 Å². The van der Waals surface area contributed by atoms with Crippen LogP contribution in [0.15, 0.2) is 60.2 Å². The lowest BCUT2D eigenvalue weighted by molar-refractivity contribution is -0.119. The molecular weight excluding hydrogens is 434 g/mol. The van der Waals surface area contributed by atoms with E-state index in [0.717, 1.165) is 10.6 Å². The van der Waals surface area contributed by atoms with Gasteiger partial charge in [-0.05, 0) is 42.8 Å². The van der Waals surface area contributed by atoms with Crippen molar-refractivity contribution in [1.29, 1.82) is 0 Å². The van der Waals surface area contributed by atoms with Gasteiger partial charge in [-0.25, -0.2) is 13.8 Å². The second-order valence-corrected chi connectivity index (χ2v) is 8.41. The second-order valence-electron chi connectivity index (χ2n) is 6.50. The molecule has 0 unspecified atom stereocenters. The predicted molar refractivity (Wildman–Crippen MR) is 124 cm³/mol. The van der Waals surface area contributed by atoms with Gasteiger partial charge in [0.15, 0.2) is 11.5 Å². The van der Waals surface area contributed by atoms with Gasteiger partial charge in [0.1, 0.15) is 18.9 Å². The fraction of sp³-hybridized carbons (Fsp3) is 0.273. The number of carbonyl (C=O) groups is 1. The zero-order chi connectivity index (χ0) is 23.6. The molecule has 0 aliphatic heterocycles. The van der Waals surface area contributed by atoms with Crippen molar-refractivity contribution in [2.24, 2.45) is 5.10 Å². The molecule has 0 atom stereocenters. The zero-order valence-electron chi connectivity index (χ0n) is 18.3. The van der Waals surface area contributed by atoms with E-state index >= 15 is 0 Å². The van der Waals surface area contributed by atoms with E-state index < -0.39 is 22.5 Å². The van der Waals surface area contributed by atoms with Gasteiger partial charge in [-0.15, -0.1) is 0 Å². The Labute approximate surface area is 188 Å². The van der Waals surface area contributed by atoms with Crippen LogP contribution in [-0.4, -0.2) is 53.7 Å². The molecular formula is C22H27N3O6S. The number of amides is 1. The number of sulfonamides is 1. The smallest absolute Gasteiger partial charge is 0.260 e. The lowest BCUT2D eigenvalue weighted by Crippen LogP contribution is -2.39. The van der Waals surface area contributed by atoms with Crippen molar-refractivity contribution in [3.63, 3.8) is 0 Å². The average molecular weight is 462 g/mol. The molecule has 32 heavy (non-hydrogen) atoms. The highest BCUT2D eigenvalue weighted by atomic mass is 32.2. The number of carbonyl (C=O) groups excluding carboxylic acids is 1. The normalized spacial score (nSPS) is 11.1. The van der Waals surface area contributed by atoms with Crippen molar-refractivity contribution in [2.75, 3.05) is 37.4 Å². The van der Waals surface area contributed by atoms with E-state index in [1.807, 2.05) is 6.92 Å². The van der Waals surface area contributed by atoms with Crippen LogP contribution in [0.4, 0.5) is 5.69 Å². The van der Waals surface area contributed by atoms with Crippen LogP contribution >= 0.6 is 0 Å². The topological polar surface area (TPSA) is 107 Å². The van der Waals surface area contributed by atoms with Crippen LogP contribution in [0, 0.1) is 0 Å². The van der Waals surface area contributed by atoms with Crippen LogP contribution in [0.25, 0.3) is 0 Å². The summed E-state index contributed by atoms with van der Waals surface area (Å²) < 4.78 is 41.6. The summed E-state index contributed by atoms with van der Waals surface area (Å²) in [6.07, 6.45) is 4.08. The molecule has 0 saturated carbocycles. The molecule has 10 heteroatoms. The second kappa shape index (κ2) is 11.8. The van der Waals surface area contributed by atoms with Gasteiger partial charge in [-0.1, -0.05) is 18.7 Å². The van der Waals surface area contributed by atoms with Crippen molar-refractivity contribution in [1.82, 2.24) is 5.43 Å². The molecule has 0 aliphatic carbocycles. The first-order valence-electron chi connectivity index (χ1n) is 9.72. The summed E-state index contributed by atoms with van der Waals surface area (Å²) in [7, 11) is -2.24. The Bertz CT molecular complexity index is 1070. The number of benzene rings is 2. The van der Waals surface area contributed by atoms with Crippen molar-refractivity contribution in [2.45, 2.75) is 6.92 Å². The predicted octanol–water partition coefficient (Wildman–Crippen LogP) is 2.58. The maximum absolute atomic E-state index is 12.3. The fourth-order valence-electron chi connectivity index (χ4n) is 2.65. The number of hydrazone groups is 1. The zero-order valence-corrected chi connectivity index (χ0v) is 19.1. The number of methoxy groups -OCH3 is 1. The fourth-order valence-corrected chi connectivity index (χ4v) is 3.50. The van der Waals surface area contributed by atoms with Gasteiger partial charge in [0.25, 0.3) is 5.91 Å². The van der Waals surface area contributed by atoms with Crippen molar-refractivity contribution < 1.29 is 27.4 Å². The molecule has 0 fully saturated rings. The molecule has 0 aromatic heterocycles. The van der Waals surface area contributed by atoms with E-state index in [2.05, 4.69) is 17.1 Å². The highest BCUT2D eigenvalue weighted by Crippen LogP contribution is 2.28. The first kappa shape index (κ1) is 24.7. The number of hydrogen-bond acceptors (Lipinski definition) is 7. The summed E-state index contributed by atoms with van der Waals surface area (Å²) >= 11 is 0. The van der Waals surface area contributed by atoms with Crippen molar-refractivity contribution in [3.05, 3.63) is 60.7 Å². The number of anilines is 1. The number of nitrogens with one attached hydrogen (secondary N) is 1. The Morgan fingerprint density at radius 1 is 1.19 bits per heavy atom. The maximum Gasteiger partial charge on any atom is 0.260 e. The lowest BCUT2D eigenvalue weighted by Gasteiger charge is -2.21. The average Bonchev–Trinajstić information content (AvgIpc) is 2.76. The minimum Gasteiger partial charge on any atom is -0.497 e. The summed E-state index contributed by atoms with van der Waals surface area (Å²) in [5.41, 5.74) is 3.31. The van der Waals surface area contributed by atoms with E-state index in [1.54, 1.807) is 42.5 Å². The molecule has 2 rings (SSSR count). The van der Waals surface area contributed by atoms with Gasteiger partial charge in [0, 0.05) is 6.07 Å². The maximum atomic E-state index is 12.3. The molecule has 1 amide bonds. The molecule has 9 nitrogen and oxygen atoms in total. The van der Waals surface area contributed by atoms with Crippen LogP contribution in [0.2, 0.25) is 0 Å². The van der Waals surface area contributed by atoms with Gasteiger partial charge in [-0.3, -0.25) is 9.10 Å². The van der Waals surface area contributed by atoms with E-state index in [4.69, 9.17) is 14.2 Å². The Morgan fingerprint density at radius 2 is 1.97 bits per heavy atom. The highest BCUT2D eigenvalue weighted by molar-refractivity contribution is 7.92. The van der Waals surface area contributed by atoms with Gasteiger partial charge in [0.2, 0.25) is 10.0 Å². The standard InChI is InChI=1S/C22H27N3O6S/c1-5-12-31-20-11-10-17(13-21(20)30-6-2)15-23-24-22(26)16-25(32(4,27)28)18-8-7-9-19(14-18)29-3/h5,7-11,13-15H,1,6,12,16H2,2-4H3,(H,24,26)/b23-15-. The number of nitrogens with zero attached hydrogens (tertiary/aromatic N) is 2. The Kier molecular flexibility index (Phi) is 9.08. The third-order valence-corrected chi connectivity index (χ3v) is 5.20.